The van der Waals surface area contributed by atoms with Crippen LogP contribution in [0.15, 0.2) is 0 Å². The molecule has 0 aliphatic rings. The Morgan fingerprint density at radius 2 is 1.14 bits per heavy atom. The molecule has 0 bridgehead atoms. The zero-order valence-electron chi connectivity index (χ0n) is 2.92. The summed E-state index contributed by atoms with van der Waals surface area (Å²) in [6.45, 7) is 0. The van der Waals surface area contributed by atoms with E-state index in [1.807, 2.05) is 0 Å². The van der Waals surface area contributed by atoms with E-state index in [-0.39, 0.29) is 52.4 Å². The Bertz CT molecular complexity index is 94.9. The Balaban J connectivity index is -0.0000000800. The molecule has 0 N–H and O–H groups in total. The number of hydrogen-bond donors (Lipinski definition) is 0. The third-order valence-electron chi connectivity index (χ3n) is 0. The summed E-state index contributed by atoms with van der Waals surface area (Å²) in [7, 11) is 0. The van der Waals surface area contributed by atoms with Gasteiger partial charge in [-0.3, -0.25) is 0 Å². The van der Waals surface area contributed by atoms with Gasteiger partial charge in [0.1, 0.15) is 0 Å². The van der Waals surface area contributed by atoms with Gasteiger partial charge in [0.15, 0.2) is 0 Å². The first kappa shape index (κ1) is 15.9. The fourth-order valence-corrected chi connectivity index (χ4v) is 0. The molecule has 0 amide bonds. The van der Waals surface area contributed by atoms with E-state index in [0.717, 1.165) is 0 Å². The van der Waals surface area contributed by atoms with Gasteiger partial charge in [0, 0.05) is 0 Å². The number of rotatable bonds is 0. The molecule has 0 saturated carbocycles. The van der Waals surface area contributed by atoms with Gasteiger partial charge in [-0.1, -0.05) is 0 Å². The van der Waals surface area contributed by atoms with Crippen LogP contribution in [0, 0.1) is 35.6 Å². The second kappa shape index (κ2) is 5.87. The van der Waals surface area contributed by atoms with E-state index in [0.29, 0.717) is 0 Å². The molecule has 1 radical (unpaired) electrons. The third kappa shape index (κ3) is 84.2. The fraction of sp³-hybridized carbons (Fsp3) is 0. The summed E-state index contributed by atoms with van der Waals surface area (Å²) in [6, 6.07) is 0. The molecule has 0 aromatic rings. The molecule has 0 aliphatic heterocycles. The molecule has 40 valence electrons. The van der Waals surface area contributed by atoms with Crippen LogP contribution in [-0.4, -0.2) is 0 Å². The quantitative estimate of drug-likeness (QED) is 0.458. The summed E-state index contributed by atoms with van der Waals surface area (Å²) >= 11 is -5.62. The van der Waals surface area contributed by atoms with Gasteiger partial charge in [0.25, 0.3) is 0 Å². The first-order valence-electron chi connectivity index (χ1n) is 0.617. The molecule has 0 unspecified atom stereocenters. The minimum atomic E-state index is -5.62. The molecule has 7 heavy (non-hydrogen) atoms. The van der Waals surface area contributed by atoms with Crippen LogP contribution in [0.5, 0.6) is 0 Å². The van der Waals surface area contributed by atoms with Crippen molar-refractivity contribution in [2.75, 3.05) is 0 Å². The zero-order valence-corrected chi connectivity index (χ0v) is 8.77. The molecule has 0 heterocycles. The van der Waals surface area contributed by atoms with Crippen molar-refractivity contribution in [1.29, 1.82) is 0 Å². The Morgan fingerprint density at radius 3 is 1.14 bits per heavy atom. The summed E-state index contributed by atoms with van der Waals surface area (Å²) in [6.07, 6.45) is 0. The Morgan fingerprint density at radius 1 is 1.14 bits per heavy atom. The molecule has 0 atom stereocenters. The van der Waals surface area contributed by atoms with Crippen molar-refractivity contribution in [3.05, 3.63) is 0 Å². The summed E-state index contributed by atoms with van der Waals surface area (Å²) in [5.41, 5.74) is 0. The van der Waals surface area contributed by atoms with Crippen molar-refractivity contribution in [3.63, 3.8) is 0 Å². The van der Waals surface area contributed by atoms with E-state index in [1.165, 1.54) is 0 Å². The van der Waals surface area contributed by atoms with E-state index in [2.05, 4.69) is 0 Å². The van der Waals surface area contributed by atoms with Gasteiger partial charge in [0.2, 0.25) is 0 Å². The van der Waals surface area contributed by atoms with Crippen LogP contribution in [0.4, 0.5) is 0 Å². The van der Waals surface area contributed by atoms with Gasteiger partial charge in [-0.15, -0.1) is 0 Å². The van der Waals surface area contributed by atoms with E-state index in [4.69, 9.17) is 16.0 Å². The first-order valence-corrected chi connectivity index (χ1v) is 2.54. The van der Waals surface area contributed by atoms with Gasteiger partial charge in [-0.2, -0.15) is 0 Å². The van der Waals surface area contributed by atoms with Gasteiger partial charge >= 0.3 is 81.8 Å². The normalized spacial score (nSPS) is 8.29. The van der Waals surface area contributed by atoms with Crippen LogP contribution in [0.1, 0.15) is 0 Å². The van der Waals surface area contributed by atoms with E-state index >= 15 is 0 Å². The molecule has 0 spiro atoms. The standard InChI is InChI=1S/Co.La.Mn.4O/q+2;+3;;;;2*-1. The van der Waals surface area contributed by atoms with Gasteiger partial charge in [-0.05, 0) is 0 Å². The predicted molar refractivity (Wildman–Crippen MR) is 1.37 cm³/mol. The van der Waals surface area contributed by atoms with Crippen molar-refractivity contribution in [1.82, 2.24) is 0 Å². The van der Waals surface area contributed by atoms with E-state index in [9.17, 15) is 0 Å². The average Bonchev–Trinajstić information content (AvgIpc) is 0.722. The molecule has 0 aromatic heterocycles. The third-order valence-corrected chi connectivity index (χ3v) is 0. The minimum absolute atomic E-state index is 0. The molecular weight excluding hydrogens is 317 g/mol. The molecule has 0 fully saturated rings. The van der Waals surface area contributed by atoms with Crippen LogP contribution in [0.3, 0.4) is 0 Å². The van der Waals surface area contributed by atoms with Crippen LogP contribution in [0.2, 0.25) is 0 Å². The second-order valence-electron chi connectivity index (χ2n) is 0.378. The van der Waals surface area contributed by atoms with Gasteiger partial charge < -0.3 is 0 Å². The summed E-state index contributed by atoms with van der Waals surface area (Å²) < 4.78 is 34.3. The van der Waals surface area contributed by atoms with Gasteiger partial charge in [0.05, 0.1) is 0 Å². The second-order valence-corrected chi connectivity index (χ2v) is 1.56. The molecule has 0 saturated heterocycles. The molecule has 4 nitrogen and oxygen atoms in total. The molecule has 7 heteroatoms. The molecule has 0 aliphatic carbocycles. The SMILES string of the molecule is [Co+2].[La+3].[O]=[Mn](=[O])([O-])[O-]. The van der Waals surface area contributed by atoms with Crippen molar-refractivity contribution >= 4 is 0 Å². The topological polar surface area (TPSA) is 80.3 Å². The maximum atomic E-state index is 8.58. The van der Waals surface area contributed by atoms with E-state index < -0.39 is 13.4 Å². The van der Waals surface area contributed by atoms with Crippen LogP contribution < -0.4 is 8.38 Å². The monoisotopic (exact) mass is 317 g/mol. The summed E-state index contributed by atoms with van der Waals surface area (Å²) in [5, 5.41) is 0. The Hall–Kier alpha value is 1.74. The van der Waals surface area contributed by atoms with E-state index in [1.54, 1.807) is 0 Å². The predicted octanol–water partition coefficient (Wildman–Crippen LogP) is -2.62. The summed E-state index contributed by atoms with van der Waals surface area (Å²) in [4.78, 5) is 0. The van der Waals surface area contributed by atoms with Crippen molar-refractivity contribution in [2.45, 2.75) is 0 Å². The van der Waals surface area contributed by atoms with Crippen LogP contribution in [0.25, 0.3) is 0 Å². The zero-order chi connectivity index (χ0) is 4.50. The van der Waals surface area contributed by atoms with Crippen molar-refractivity contribution < 1.29 is 81.8 Å². The summed E-state index contributed by atoms with van der Waals surface area (Å²) in [5.74, 6) is 0. The first-order chi connectivity index (χ1) is 2.00. The Kier molecular flexibility index (Phi) is 13.3. The van der Waals surface area contributed by atoms with Gasteiger partial charge in [-0.25, -0.2) is 0 Å². The molecule has 0 aromatic carbocycles. The van der Waals surface area contributed by atoms with Crippen molar-refractivity contribution in [3.8, 4) is 0 Å². The fourth-order valence-electron chi connectivity index (χ4n) is 0. The van der Waals surface area contributed by atoms with Crippen LogP contribution >= 0.6 is 0 Å². The molecular formula is CoLaMnO4+3. The average molecular weight is 317 g/mol. The van der Waals surface area contributed by atoms with Crippen LogP contribution in [-0.2, 0) is 37.8 Å². The molecule has 0 rings (SSSR count). The Labute approximate surface area is 80.8 Å². The maximum absolute atomic E-state index is 8.58. The van der Waals surface area contributed by atoms with Crippen molar-refractivity contribution in [2.24, 2.45) is 0 Å². The number of hydrogen-bond acceptors (Lipinski definition) is 4.